The highest BCUT2D eigenvalue weighted by Crippen LogP contribution is 2.18. The van der Waals surface area contributed by atoms with E-state index in [0.29, 0.717) is 0 Å². The third-order valence-electron chi connectivity index (χ3n) is 2.95. The predicted octanol–water partition coefficient (Wildman–Crippen LogP) is 1.92. The third-order valence-corrected chi connectivity index (χ3v) is 2.95. The minimum atomic E-state index is 0.820. The number of nitrogens with zero attached hydrogens (tertiary/aromatic N) is 2. The lowest BCUT2D eigenvalue weighted by Gasteiger charge is -2.34. The molecule has 1 saturated heterocycles. The van der Waals surface area contributed by atoms with Crippen LogP contribution in [0.3, 0.4) is 0 Å². The Morgan fingerprint density at radius 1 is 1.21 bits per heavy atom. The lowest BCUT2D eigenvalue weighted by atomic mass is 9.96. The van der Waals surface area contributed by atoms with Gasteiger partial charge in [0.25, 0.3) is 0 Å². The van der Waals surface area contributed by atoms with Gasteiger partial charge >= 0.3 is 0 Å². The van der Waals surface area contributed by atoms with E-state index in [1.807, 2.05) is 0 Å². The Hall–Kier alpha value is -0.0800. The summed E-state index contributed by atoms with van der Waals surface area (Å²) < 4.78 is 0. The van der Waals surface area contributed by atoms with Crippen molar-refractivity contribution < 1.29 is 0 Å². The zero-order valence-electron chi connectivity index (χ0n) is 10.3. The number of rotatable bonds is 4. The maximum absolute atomic E-state index is 2.62. The molecule has 1 aliphatic heterocycles. The zero-order valence-corrected chi connectivity index (χ0v) is 10.3. The van der Waals surface area contributed by atoms with Gasteiger partial charge in [0.05, 0.1) is 0 Å². The summed E-state index contributed by atoms with van der Waals surface area (Å²) >= 11 is 0. The highest BCUT2D eigenvalue weighted by atomic mass is 15.1. The summed E-state index contributed by atoms with van der Waals surface area (Å²) in [5, 5.41) is 0. The second kappa shape index (κ2) is 5.72. The van der Waals surface area contributed by atoms with Crippen molar-refractivity contribution in [3.8, 4) is 0 Å². The Labute approximate surface area is 89.3 Å². The van der Waals surface area contributed by atoms with Crippen molar-refractivity contribution in [1.29, 1.82) is 0 Å². The first kappa shape index (κ1) is 12.0. The molecular formula is C12H26N2. The number of piperidine rings is 1. The van der Waals surface area contributed by atoms with E-state index in [0.717, 1.165) is 11.8 Å². The van der Waals surface area contributed by atoms with Gasteiger partial charge in [-0.15, -0.1) is 0 Å². The molecule has 0 aromatic heterocycles. The van der Waals surface area contributed by atoms with Crippen LogP contribution in [0.2, 0.25) is 0 Å². The van der Waals surface area contributed by atoms with Crippen molar-refractivity contribution in [2.24, 2.45) is 11.8 Å². The molecule has 84 valence electrons. The summed E-state index contributed by atoms with van der Waals surface area (Å²) in [6, 6.07) is 0. The summed E-state index contributed by atoms with van der Waals surface area (Å²) in [5.74, 6) is 1.76. The second-order valence-electron chi connectivity index (χ2n) is 5.40. The van der Waals surface area contributed by atoms with Crippen molar-refractivity contribution in [3.63, 3.8) is 0 Å². The van der Waals surface area contributed by atoms with E-state index in [4.69, 9.17) is 0 Å². The fourth-order valence-electron chi connectivity index (χ4n) is 2.38. The number of hydrogen-bond acceptors (Lipinski definition) is 2. The average molecular weight is 198 g/mol. The Balaban J connectivity index is 2.17. The van der Waals surface area contributed by atoms with Crippen LogP contribution in [0.15, 0.2) is 0 Å². The molecule has 1 heterocycles. The van der Waals surface area contributed by atoms with Crippen molar-refractivity contribution >= 4 is 0 Å². The minimum absolute atomic E-state index is 0.820. The first-order valence-corrected chi connectivity index (χ1v) is 5.95. The largest absolute Gasteiger partial charge is 0.309 e. The summed E-state index contributed by atoms with van der Waals surface area (Å²) in [4.78, 5) is 4.94. The van der Waals surface area contributed by atoms with Crippen molar-refractivity contribution in [3.05, 3.63) is 0 Å². The molecule has 1 rings (SSSR count). The van der Waals surface area contributed by atoms with Crippen LogP contribution in [0.4, 0.5) is 0 Å². The van der Waals surface area contributed by atoms with Crippen molar-refractivity contribution in [1.82, 2.24) is 9.80 Å². The quantitative estimate of drug-likeness (QED) is 0.681. The highest BCUT2D eigenvalue weighted by molar-refractivity contribution is 4.74. The van der Waals surface area contributed by atoms with Crippen LogP contribution in [0.25, 0.3) is 0 Å². The molecule has 0 unspecified atom stereocenters. The van der Waals surface area contributed by atoms with Gasteiger partial charge in [-0.2, -0.15) is 0 Å². The first-order chi connectivity index (χ1) is 6.58. The molecule has 0 bridgehead atoms. The van der Waals surface area contributed by atoms with E-state index >= 15 is 0 Å². The van der Waals surface area contributed by atoms with Crippen LogP contribution in [-0.2, 0) is 0 Å². The van der Waals surface area contributed by atoms with Crippen molar-refractivity contribution in [2.75, 3.05) is 40.3 Å². The standard InChI is InChI=1S/C12H26N2/c1-11(2)9-14-7-5-12(6-8-14)10-13(3)4/h11-12H,5-10H2,1-4H3. The molecular weight excluding hydrogens is 172 g/mol. The maximum atomic E-state index is 2.62. The SMILES string of the molecule is CC(C)CN1CCC(CN(C)C)CC1. The topological polar surface area (TPSA) is 6.48 Å². The molecule has 0 aliphatic carbocycles. The Morgan fingerprint density at radius 3 is 2.21 bits per heavy atom. The van der Waals surface area contributed by atoms with Crippen LogP contribution in [0, 0.1) is 11.8 Å². The maximum Gasteiger partial charge on any atom is 0.000451 e. The van der Waals surface area contributed by atoms with Crippen LogP contribution >= 0.6 is 0 Å². The normalized spacial score (nSPS) is 21.0. The lowest BCUT2D eigenvalue weighted by Crippen LogP contribution is -2.38. The van der Waals surface area contributed by atoms with Gasteiger partial charge in [-0.25, -0.2) is 0 Å². The summed E-state index contributed by atoms with van der Waals surface area (Å²) in [6.07, 6.45) is 2.79. The predicted molar refractivity (Wildman–Crippen MR) is 62.6 cm³/mol. The Kier molecular flexibility index (Phi) is 4.90. The average Bonchev–Trinajstić information content (AvgIpc) is 2.06. The van der Waals surface area contributed by atoms with Crippen LogP contribution in [0.1, 0.15) is 26.7 Å². The van der Waals surface area contributed by atoms with E-state index in [1.165, 1.54) is 39.0 Å². The van der Waals surface area contributed by atoms with Gasteiger partial charge < -0.3 is 9.80 Å². The molecule has 1 aliphatic rings. The number of hydrogen-bond donors (Lipinski definition) is 0. The molecule has 0 radical (unpaired) electrons. The van der Waals surface area contributed by atoms with Gasteiger partial charge in [0, 0.05) is 13.1 Å². The molecule has 0 atom stereocenters. The van der Waals surface area contributed by atoms with E-state index in [9.17, 15) is 0 Å². The highest BCUT2D eigenvalue weighted by Gasteiger charge is 2.19. The van der Waals surface area contributed by atoms with Gasteiger partial charge in [-0.1, -0.05) is 13.8 Å². The van der Waals surface area contributed by atoms with E-state index < -0.39 is 0 Å². The van der Waals surface area contributed by atoms with Crippen LogP contribution < -0.4 is 0 Å². The van der Waals surface area contributed by atoms with Gasteiger partial charge in [0.2, 0.25) is 0 Å². The minimum Gasteiger partial charge on any atom is -0.309 e. The van der Waals surface area contributed by atoms with E-state index in [-0.39, 0.29) is 0 Å². The molecule has 0 aromatic carbocycles. The van der Waals surface area contributed by atoms with E-state index in [2.05, 4.69) is 37.7 Å². The fraction of sp³-hybridized carbons (Fsp3) is 1.00. The molecule has 2 nitrogen and oxygen atoms in total. The molecule has 14 heavy (non-hydrogen) atoms. The van der Waals surface area contributed by atoms with Gasteiger partial charge in [-0.05, 0) is 51.9 Å². The van der Waals surface area contributed by atoms with Crippen molar-refractivity contribution in [2.45, 2.75) is 26.7 Å². The number of likely N-dealkylation sites (tertiary alicyclic amines) is 1. The zero-order chi connectivity index (χ0) is 10.6. The molecule has 0 N–H and O–H groups in total. The molecule has 1 fully saturated rings. The monoisotopic (exact) mass is 198 g/mol. The molecule has 0 aromatic rings. The van der Waals surface area contributed by atoms with Gasteiger partial charge in [0.15, 0.2) is 0 Å². The summed E-state index contributed by atoms with van der Waals surface area (Å²) in [5.41, 5.74) is 0. The molecule has 2 heteroatoms. The van der Waals surface area contributed by atoms with Gasteiger partial charge in [0.1, 0.15) is 0 Å². The Bertz CT molecular complexity index is 128. The molecule has 0 saturated carbocycles. The Morgan fingerprint density at radius 2 is 1.79 bits per heavy atom. The van der Waals surface area contributed by atoms with Crippen LogP contribution in [-0.4, -0.2) is 50.1 Å². The fourth-order valence-corrected chi connectivity index (χ4v) is 2.38. The second-order valence-corrected chi connectivity index (χ2v) is 5.40. The summed E-state index contributed by atoms with van der Waals surface area (Å²) in [6.45, 7) is 9.81. The lowest BCUT2D eigenvalue weighted by molar-refractivity contribution is 0.150. The smallest absolute Gasteiger partial charge is 0.000451 e. The van der Waals surface area contributed by atoms with E-state index in [1.54, 1.807) is 0 Å². The molecule has 0 amide bonds. The van der Waals surface area contributed by atoms with Crippen LogP contribution in [0.5, 0.6) is 0 Å². The summed E-state index contributed by atoms with van der Waals surface area (Å²) in [7, 11) is 4.36. The molecule has 0 spiro atoms. The van der Waals surface area contributed by atoms with Gasteiger partial charge in [-0.3, -0.25) is 0 Å². The third kappa shape index (κ3) is 4.43. The first-order valence-electron chi connectivity index (χ1n) is 5.95.